The largest absolute Gasteiger partial charge is 0.417 e. The minimum Gasteiger partial charge on any atom is -0.302 e. The third-order valence-corrected chi connectivity index (χ3v) is 7.23. The molecule has 0 aliphatic carbocycles. The lowest BCUT2D eigenvalue weighted by molar-refractivity contribution is -0.137. The van der Waals surface area contributed by atoms with Gasteiger partial charge in [-0.2, -0.15) is 18.4 Å². The molecule has 34 heavy (non-hydrogen) atoms. The van der Waals surface area contributed by atoms with E-state index in [9.17, 15) is 26.9 Å². The Morgan fingerprint density at radius 2 is 1.88 bits per heavy atom. The molecule has 1 fully saturated rings. The van der Waals surface area contributed by atoms with Gasteiger partial charge in [-0.3, -0.25) is 0 Å². The third-order valence-electron chi connectivity index (χ3n) is 5.77. The second-order valence-electron chi connectivity index (χ2n) is 7.96. The minimum atomic E-state index is -4.82. The average Bonchev–Trinajstić information content (AvgIpc) is 2.82. The lowest BCUT2D eigenvalue weighted by Gasteiger charge is -2.31. The fraction of sp³-hybridized carbons (Fsp3) is 0.409. The zero-order valence-corrected chi connectivity index (χ0v) is 19.0. The maximum atomic E-state index is 13.8. The van der Waals surface area contributed by atoms with Crippen LogP contribution in [0.5, 0.6) is 0 Å². The molecule has 1 N–H and O–H groups in total. The van der Waals surface area contributed by atoms with Crippen LogP contribution < -0.4 is 4.72 Å². The molecule has 12 heteroatoms. The Kier molecular flexibility index (Phi) is 8.17. The molecule has 2 aromatic rings. The molecule has 1 aliphatic rings. The normalized spacial score (nSPS) is 15.5. The fourth-order valence-corrected chi connectivity index (χ4v) is 4.99. The smallest absolute Gasteiger partial charge is 0.302 e. The average molecular weight is 493 g/mol. The number of halogens is 3. The topological polar surface area (TPSA) is 122 Å². The second kappa shape index (κ2) is 10.9. The minimum absolute atomic E-state index is 0.0454. The monoisotopic (exact) mass is 492 g/mol. The van der Waals surface area contributed by atoms with E-state index in [4.69, 9.17) is 5.53 Å². The van der Waals surface area contributed by atoms with E-state index >= 15 is 0 Å². The van der Waals surface area contributed by atoms with Gasteiger partial charge in [0.25, 0.3) is 0 Å². The number of hydrogen-bond donors (Lipinski definition) is 1. The summed E-state index contributed by atoms with van der Waals surface area (Å²) in [5.74, 6) is 0.300. The molecule has 8 nitrogen and oxygen atoms in total. The van der Waals surface area contributed by atoms with Gasteiger partial charge in [0.15, 0.2) is 0 Å². The molecule has 180 valence electrons. The zero-order chi connectivity index (χ0) is 24.8. The number of azide groups is 1. The van der Waals surface area contributed by atoms with Crippen LogP contribution in [-0.4, -0.2) is 46.0 Å². The zero-order valence-electron chi connectivity index (χ0n) is 18.2. The van der Waals surface area contributed by atoms with Crippen LogP contribution in [0.4, 0.5) is 13.2 Å². The highest BCUT2D eigenvalue weighted by atomic mass is 32.2. The molecule has 1 saturated heterocycles. The fourth-order valence-electron chi connectivity index (χ4n) is 3.94. The van der Waals surface area contributed by atoms with E-state index in [1.165, 1.54) is 18.2 Å². The summed E-state index contributed by atoms with van der Waals surface area (Å²) in [6.07, 6.45) is -3.16. The van der Waals surface area contributed by atoms with Gasteiger partial charge < -0.3 is 4.90 Å². The van der Waals surface area contributed by atoms with Crippen LogP contribution in [0.2, 0.25) is 0 Å². The molecule has 0 bridgehead atoms. The highest BCUT2D eigenvalue weighted by molar-refractivity contribution is 7.89. The van der Waals surface area contributed by atoms with Crippen LogP contribution in [0.3, 0.4) is 0 Å². The van der Waals surface area contributed by atoms with Crippen molar-refractivity contribution in [3.05, 3.63) is 64.0 Å². The van der Waals surface area contributed by atoms with Crippen LogP contribution in [0.1, 0.15) is 24.0 Å². The molecule has 0 saturated carbocycles. The molecular weight excluding hydrogens is 469 g/mol. The number of nitrogens with zero attached hydrogens (tertiary/aromatic N) is 5. The van der Waals surface area contributed by atoms with Gasteiger partial charge >= 0.3 is 6.18 Å². The van der Waals surface area contributed by atoms with E-state index in [1.54, 1.807) is 6.07 Å². The van der Waals surface area contributed by atoms with E-state index in [2.05, 4.69) is 19.6 Å². The molecule has 1 aliphatic heterocycles. The van der Waals surface area contributed by atoms with Crippen molar-refractivity contribution in [1.82, 2.24) is 9.62 Å². The number of alkyl halides is 3. The number of rotatable bonds is 8. The number of piperidine rings is 1. The first-order chi connectivity index (χ1) is 16.2. The first kappa shape index (κ1) is 25.5. The van der Waals surface area contributed by atoms with E-state index in [1.807, 2.05) is 6.07 Å². The Hall–Kier alpha value is -3.10. The summed E-state index contributed by atoms with van der Waals surface area (Å²) in [6.45, 7) is 2.33. The third kappa shape index (κ3) is 6.27. The van der Waals surface area contributed by atoms with Crippen LogP contribution in [0, 0.1) is 17.2 Å². The summed E-state index contributed by atoms with van der Waals surface area (Å²) in [5, 5.41) is 12.8. The van der Waals surface area contributed by atoms with Crippen molar-refractivity contribution in [3.63, 3.8) is 0 Å². The summed E-state index contributed by atoms with van der Waals surface area (Å²) >= 11 is 0. The van der Waals surface area contributed by atoms with Gasteiger partial charge in [0, 0.05) is 30.1 Å². The van der Waals surface area contributed by atoms with Crippen molar-refractivity contribution in [1.29, 1.82) is 5.26 Å². The lowest BCUT2D eigenvalue weighted by atomic mass is 9.95. The number of hydrogen-bond acceptors (Lipinski definition) is 5. The Morgan fingerprint density at radius 3 is 2.53 bits per heavy atom. The summed E-state index contributed by atoms with van der Waals surface area (Å²) in [7, 11) is -4.18. The second-order valence-corrected chi connectivity index (χ2v) is 9.73. The molecular formula is C22H23F3N6O2S. The van der Waals surface area contributed by atoms with Crippen LogP contribution in [0.15, 0.2) is 52.5 Å². The van der Waals surface area contributed by atoms with Crippen molar-refractivity contribution in [2.24, 2.45) is 11.0 Å². The molecule has 2 aromatic carbocycles. The van der Waals surface area contributed by atoms with E-state index < -0.39 is 26.7 Å². The molecule has 0 aromatic heterocycles. The van der Waals surface area contributed by atoms with Crippen molar-refractivity contribution in [2.75, 3.05) is 32.7 Å². The SMILES string of the molecule is N#Cc1ccccc1-c1ccc(S(=O)(=O)NCCN2CCC(CN=[N+]=[N-])CC2)cc1C(F)(F)F. The highest BCUT2D eigenvalue weighted by Gasteiger charge is 2.35. The van der Waals surface area contributed by atoms with Crippen molar-refractivity contribution in [2.45, 2.75) is 23.9 Å². The summed E-state index contributed by atoms with van der Waals surface area (Å²) in [5.41, 5.74) is 7.16. The summed E-state index contributed by atoms with van der Waals surface area (Å²) < 4.78 is 69.2. The predicted octanol–water partition coefficient (Wildman–Crippen LogP) is 4.54. The van der Waals surface area contributed by atoms with Gasteiger partial charge in [0.05, 0.1) is 22.1 Å². The van der Waals surface area contributed by atoms with Crippen molar-refractivity contribution >= 4 is 10.0 Å². The Labute approximate surface area is 195 Å². The summed E-state index contributed by atoms with van der Waals surface area (Å²) in [4.78, 5) is 4.32. The standard InChI is InChI=1S/C22H23F3N6O2S/c23-22(24,25)21-13-18(5-6-20(21)19-4-2-1-3-17(19)14-26)34(32,33)29-9-12-31-10-7-16(8-11-31)15-28-30-27/h1-6,13,16,29H,7-12,15H2. The number of nitriles is 1. The maximum absolute atomic E-state index is 13.8. The van der Waals surface area contributed by atoms with E-state index in [0.717, 1.165) is 38.1 Å². The van der Waals surface area contributed by atoms with Gasteiger partial charge in [-0.25, -0.2) is 13.1 Å². The van der Waals surface area contributed by atoms with Crippen molar-refractivity contribution < 1.29 is 21.6 Å². The van der Waals surface area contributed by atoms with Gasteiger partial charge in [0.1, 0.15) is 0 Å². The number of likely N-dealkylation sites (tertiary alicyclic amines) is 1. The molecule has 0 unspecified atom stereocenters. The molecule has 0 amide bonds. The Balaban J connectivity index is 1.72. The molecule has 0 atom stereocenters. The quantitative estimate of drug-likeness (QED) is 0.330. The van der Waals surface area contributed by atoms with Gasteiger partial charge in [-0.05, 0) is 61.1 Å². The summed E-state index contributed by atoms with van der Waals surface area (Å²) in [6, 6.07) is 10.5. The van der Waals surface area contributed by atoms with Crippen molar-refractivity contribution in [3.8, 4) is 17.2 Å². The Morgan fingerprint density at radius 1 is 1.18 bits per heavy atom. The van der Waals surface area contributed by atoms with Crippen LogP contribution in [-0.2, 0) is 16.2 Å². The van der Waals surface area contributed by atoms with E-state index in [0.29, 0.717) is 25.1 Å². The molecule has 0 radical (unpaired) electrons. The number of sulfonamides is 1. The predicted molar refractivity (Wildman–Crippen MR) is 120 cm³/mol. The number of nitrogens with one attached hydrogen (secondary N) is 1. The first-order valence-electron chi connectivity index (χ1n) is 10.6. The molecule has 1 heterocycles. The van der Waals surface area contributed by atoms with Gasteiger partial charge in [-0.1, -0.05) is 29.4 Å². The maximum Gasteiger partial charge on any atom is 0.417 e. The highest BCUT2D eigenvalue weighted by Crippen LogP contribution is 2.39. The first-order valence-corrected chi connectivity index (χ1v) is 12.1. The van der Waals surface area contributed by atoms with Crippen LogP contribution in [0.25, 0.3) is 21.6 Å². The van der Waals surface area contributed by atoms with Gasteiger partial charge in [0.2, 0.25) is 10.0 Å². The van der Waals surface area contributed by atoms with Gasteiger partial charge in [-0.15, -0.1) is 0 Å². The molecule has 3 rings (SSSR count). The van der Waals surface area contributed by atoms with E-state index in [-0.39, 0.29) is 23.2 Å². The Bertz CT molecular complexity index is 1210. The lowest BCUT2D eigenvalue weighted by Crippen LogP contribution is -2.40. The number of benzene rings is 2. The molecule has 0 spiro atoms. The van der Waals surface area contributed by atoms with Crippen LogP contribution >= 0.6 is 0 Å².